The van der Waals surface area contributed by atoms with Gasteiger partial charge in [0.05, 0.1) is 30.8 Å². The molecule has 1 aliphatic rings. The van der Waals surface area contributed by atoms with E-state index in [2.05, 4.69) is 37.0 Å². The van der Waals surface area contributed by atoms with E-state index in [0.717, 1.165) is 66.0 Å². The lowest BCUT2D eigenvalue weighted by Gasteiger charge is -2.28. The molecule has 0 bridgehead atoms. The third-order valence-corrected chi connectivity index (χ3v) is 4.68. The molecule has 3 aromatic heterocycles. The van der Waals surface area contributed by atoms with E-state index >= 15 is 0 Å². The number of nitrogens with one attached hydrogen (secondary N) is 1. The molecule has 6 heteroatoms. The maximum absolute atomic E-state index is 5.44. The number of morpholine rings is 1. The maximum Gasteiger partial charge on any atom is 0.156 e. The van der Waals surface area contributed by atoms with Gasteiger partial charge in [-0.15, -0.1) is 0 Å². The first-order valence-electron chi connectivity index (χ1n) is 9.18. The molecule has 0 spiro atoms. The van der Waals surface area contributed by atoms with Gasteiger partial charge in [-0.3, -0.25) is 9.97 Å². The minimum absolute atomic E-state index is 0.760. The van der Waals surface area contributed by atoms with Crippen LogP contribution in [0.4, 0.5) is 5.69 Å². The summed E-state index contributed by atoms with van der Waals surface area (Å²) in [6.07, 6.45) is 9.60. The number of H-pyrrole nitrogens is 1. The number of nitrogens with zero attached hydrogens (tertiary/aromatic N) is 4. The van der Waals surface area contributed by atoms with Crippen molar-refractivity contribution in [1.29, 1.82) is 0 Å². The van der Waals surface area contributed by atoms with Crippen molar-refractivity contribution in [3.8, 4) is 22.6 Å². The first-order valence-corrected chi connectivity index (χ1v) is 9.18. The van der Waals surface area contributed by atoms with Crippen LogP contribution in [0.15, 0.2) is 42.9 Å². The molecule has 1 fully saturated rings. The van der Waals surface area contributed by atoms with Crippen LogP contribution in [0.25, 0.3) is 28.7 Å². The summed E-state index contributed by atoms with van der Waals surface area (Å²) in [6.45, 7) is 7.32. The summed E-state index contributed by atoms with van der Waals surface area (Å²) < 4.78 is 5.44. The second-order valence-corrected chi connectivity index (χ2v) is 6.56. The van der Waals surface area contributed by atoms with Crippen molar-refractivity contribution in [3.05, 3.63) is 54.3 Å². The number of aromatic nitrogens is 4. The number of aryl methyl sites for hydroxylation is 1. The van der Waals surface area contributed by atoms with Gasteiger partial charge >= 0.3 is 0 Å². The van der Waals surface area contributed by atoms with E-state index in [0.29, 0.717) is 0 Å². The predicted molar refractivity (Wildman–Crippen MR) is 108 cm³/mol. The number of ether oxygens (including phenoxy) is 1. The second-order valence-electron chi connectivity index (χ2n) is 6.56. The summed E-state index contributed by atoms with van der Waals surface area (Å²) in [5, 5.41) is 0. The molecule has 4 heterocycles. The van der Waals surface area contributed by atoms with Gasteiger partial charge < -0.3 is 14.6 Å². The number of pyridine rings is 2. The van der Waals surface area contributed by atoms with E-state index < -0.39 is 0 Å². The fourth-order valence-corrected chi connectivity index (χ4v) is 3.24. The van der Waals surface area contributed by atoms with E-state index in [1.54, 1.807) is 0 Å². The largest absolute Gasteiger partial charge is 0.378 e. The van der Waals surface area contributed by atoms with Crippen LogP contribution in [0.5, 0.6) is 0 Å². The Morgan fingerprint density at radius 1 is 1.15 bits per heavy atom. The van der Waals surface area contributed by atoms with Gasteiger partial charge in [0.25, 0.3) is 0 Å². The zero-order valence-electron chi connectivity index (χ0n) is 15.6. The van der Waals surface area contributed by atoms with E-state index in [9.17, 15) is 0 Å². The van der Waals surface area contributed by atoms with Gasteiger partial charge in [0.2, 0.25) is 0 Å². The summed E-state index contributed by atoms with van der Waals surface area (Å²) in [7, 11) is 0. The van der Waals surface area contributed by atoms with Crippen LogP contribution >= 0.6 is 0 Å². The van der Waals surface area contributed by atoms with Crippen LogP contribution in [0.2, 0.25) is 0 Å². The zero-order chi connectivity index (χ0) is 18.6. The minimum atomic E-state index is 0.760. The van der Waals surface area contributed by atoms with Gasteiger partial charge in [-0.2, -0.15) is 0 Å². The molecule has 27 heavy (non-hydrogen) atoms. The molecule has 1 saturated heterocycles. The fraction of sp³-hybridized carbons (Fsp3) is 0.286. The molecule has 1 N–H and O–H groups in total. The molecule has 0 amide bonds. The molecule has 0 saturated carbocycles. The number of allylic oxidation sites excluding steroid dienone is 1. The topological polar surface area (TPSA) is 66.9 Å². The molecule has 0 aliphatic carbocycles. The molecule has 0 radical (unpaired) electrons. The average Bonchev–Trinajstić information content (AvgIpc) is 3.10. The fourth-order valence-electron chi connectivity index (χ4n) is 3.24. The van der Waals surface area contributed by atoms with E-state index in [-0.39, 0.29) is 0 Å². The zero-order valence-corrected chi connectivity index (χ0v) is 15.6. The molecule has 1 aliphatic heterocycles. The van der Waals surface area contributed by atoms with Crippen LogP contribution in [0, 0.1) is 6.92 Å². The number of anilines is 1. The lowest BCUT2D eigenvalue weighted by molar-refractivity contribution is 0.122. The molecule has 3 aromatic rings. The maximum atomic E-state index is 5.44. The Hall–Kier alpha value is -2.99. The monoisotopic (exact) mass is 361 g/mol. The normalized spacial score (nSPS) is 14.8. The van der Waals surface area contributed by atoms with Crippen molar-refractivity contribution in [3.63, 3.8) is 0 Å². The van der Waals surface area contributed by atoms with Crippen LogP contribution < -0.4 is 4.90 Å². The highest BCUT2D eigenvalue weighted by atomic mass is 16.5. The SMILES string of the molecule is C/C=C/c1nc(-c2cc(-c3cncc(N4CCOCC4)c3)ccn2)[nH]c1C. The lowest BCUT2D eigenvalue weighted by Crippen LogP contribution is -2.36. The van der Waals surface area contributed by atoms with Crippen LogP contribution in [-0.4, -0.2) is 46.2 Å². The molecule has 0 aromatic carbocycles. The first-order chi connectivity index (χ1) is 13.2. The summed E-state index contributed by atoms with van der Waals surface area (Å²) in [5.74, 6) is 0.778. The Kier molecular flexibility index (Phi) is 4.98. The highest BCUT2D eigenvalue weighted by molar-refractivity contribution is 5.71. The Morgan fingerprint density at radius 3 is 2.81 bits per heavy atom. The standard InChI is InChI=1S/C21H23N5O/c1-3-4-19-15(2)24-21(25-19)20-12-16(5-6-23-20)17-11-18(14-22-13-17)26-7-9-27-10-8-26/h3-6,11-14H,7-10H2,1-2H3,(H,24,25)/b4-3+. The molecular formula is C21H23N5O. The number of hydrogen-bond acceptors (Lipinski definition) is 5. The molecular weight excluding hydrogens is 338 g/mol. The quantitative estimate of drug-likeness (QED) is 0.767. The summed E-state index contributed by atoms with van der Waals surface area (Å²) in [5.41, 5.74) is 6.06. The molecule has 138 valence electrons. The van der Waals surface area contributed by atoms with Crippen LogP contribution in [-0.2, 0) is 4.74 Å². The number of rotatable bonds is 4. The highest BCUT2D eigenvalue weighted by Crippen LogP contribution is 2.27. The predicted octanol–water partition coefficient (Wildman–Crippen LogP) is 3.71. The Bertz CT molecular complexity index is 957. The molecule has 0 unspecified atom stereocenters. The van der Waals surface area contributed by atoms with E-state index in [1.165, 1.54) is 0 Å². The Balaban J connectivity index is 1.65. The van der Waals surface area contributed by atoms with Crippen LogP contribution in [0.3, 0.4) is 0 Å². The molecule has 6 nitrogen and oxygen atoms in total. The Labute approximate surface area is 159 Å². The smallest absolute Gasteiger partial charge is 0.156 e. The molecule has 0 atom stereocenters. The summed E-state index contributed by atoms with van der Waals surface area (Å²) >= 11 is 0. The van der Waals surface area contributed by atoms with Crippen molar-refractivity contribution in [2.24, 2.45) is 0 Å². The van der Waals surface area contributed by atoms with E-state index in [4.69, 9.17) is 4.74 Å². The highest BCUT2D eigenvalue weighted by Gasteiger charge is 2.13. The Morgan fingerprint density at radius 2 is 2.00 bits per heavy atom. The third kappa shape index (κ3) is 3.75. The lowest BCUT2D eigenvalue weighted by atomic mass is 10.1. The van der Waals surface area contributed by atoms with Crippen molar-refractivity contribution in [1.82, 2.24) is 19.9 Å². The summed E-state index contributed by atoms with van der Waals surface area (Å²) in [4.78, 5) is 19.2. The van der Waals surface area contributed by atoms with Crippen molar-refractivity contribution < 1.29 is 4.74 Å². The van der Waals surface area contributed by atoms with Gasteiger partial charge in [-0.05, 0) is 43.7 Å². The van der Waals surface area contributed by atoms with Crippen molar-refractivity contribution in [2.45, 2.75) is 13.8 Å². The third-order valence-electron chi connectivity index (χ3n) is 4.68. The van der Waals surface area contributed by atoms with Crippen LogP contribution in [0.1, 0.15) is 18.3 Å². The number of hydrogen-bond donors (Lipinski definition) is 1. The van der Waals surface area contributed by atoms with Gasteiger partial charge in [0.15, 0.2) is 5.82 Å². The second kappa shape index (κ2) is 7.72. The minimum Gasteiger partial charge on any atom is -0.378 e. The van der Waals surface area contributed by atoms with E-state index in [1.807, 2.05) is 50.7 Å². The van der Waals surface area contributed by atoms with Crippen molar-refractivity contribution >= 4 is 11.8 Å². The average molecular weight is 361 g/mol. The summed E-state index contributed by atoms with van der Waals surface area (Å²) in [6, 6.07) is 6.24. The van der Waals surface area contributed by atoms with Crippen molar-refractivity contribution in [2.75, 3.05) is 31.2 Å². The first kappa shape index (κ1) is 17.4. The van der Waals surface area contributed by atoms with Gasteiger partial charge in [0.1, 0.15) is 5.69 Å². The molecule has 4 rings (SSSR count). The number of aromatic amines is 1. The van der Waals surface area contributed by atoms with Gasteiger partial charge in [0, 0.05) is 36.7 Å². The van der Waals surface area contributed by atoms with Gasteiger partial charge in [-0.25, -0.2) is 4.98 Å². The number of imidazole rings is 1. The van der Waals surface area contributed by atoms with Gasteiger partial charge in [-0.1, -0.05) is 6.08 Å².